The van der Waals surface area contributed by atoms with E-state index in [0.717, 1.165) is 57.4 Å². The van der Waals surface area contributed by atoms with E-state index < -0.39 is 0 Å². The Kier molecular flexibility index (Phi) is 6.27. The van der Waals surface area contributed by atoms with Crippen molar-refractivity contribution in [3.63, 3.8) is 0 Å². The Labute approximate surface area is 152 Å². The average molecular weight is 341 g/mol. The van der Waals surface area contributed by atoms with Crippen molar-refractivity contribution in [2.45, 2.75) is 37.8 Å². The molecule has 0 atom stereocenters. The fourth-order valence-corrected chi connectivity index (χ4v) is 4.02. The third kappa shape index (κ3) is 4.93. The Morgan fingerprint density at radius 3 is 1.88 bits per heavy atom. The van der Waals surface area contributed by atoms with E-state index in [1.165, 1.54) is 0 Å². The van der Waals surface area contributed by atoms with Gasteiger partial charge in [0.15, 0.2) is 0 Å². The van der Waals surface area contributed by atoms with Crippen molar-refractivity contribution in [2.24, 2.45) is 0 Å². The molecule has 1 aromatic rings. The molecule has 1 aromatic carbocycles. The smallest absolute Gasteiger partial charge is 0.247 e. The standard InChI is InChI=1S/C21H31N3O/c1-22-14-10-19(11-15-22)24(20-12-16-23(2)17-13-20)21(25)9-8-18-6-4-3-5-7-18/h3-9,19-20H,10-17H2,1-2H3. The molecule has 4 nitrogen and oxygen atoms in total. The number of piperidine rings is 2. The number of amides is 1. The number of hydrogen-bond donors (Lipinski definition) is 0. The van der Waals surface area contributed by atoms with Crippen LogP contribution in [-0.2, 0) is 4.79 Å². The van der Waals surface area contributed by atoms with Crippen LogP contribution >= 0.6 is 0 Å². The van der Waals surface area contributed by atoms with Gasteiger partial charge in [-0.05, 0) is 77.6 Å². The van der Waals surface area contributed by atoms with Crippen LogP contribution < -0.4 is 0 Å². The van der Waals surface area contributed by atoms with Gasteiger partial charge in [0.2, 0.25) is 5.91 Å². The largest absolute Gasteiger partial charge is 0.333 e. The normalized spacial score (nSPS) is 21.7. The predicted molar refractivity (Wildman–Crippen MR) is 103 cm³/mol. The molecular weight excluding hydrogens is 310 g/mol. The molecule has 0 spiro atoms. The highest BCUT2D eigenvalue weighted by Crippen LogP contribution is 2.24. The lowest BCUT2D eigenvalue weighted by Gasteiger charge is -2.44. The van der Waals surface area contributed by atoms with Gasteiger partial charge < -0.3 is 14.7 Å². The van der Waals surface area contributed by atoms with E-state index in [9.17, 15) is 4.79 Å². The van der Waals surface area contributed by atoms with Crippen molar-refractivity contribution in [1.29, 1.82) is 0 Å². The maximum Gasteiger partial charge on any atom is 0.247 e. The lowest BCUT2D eigenvalue weighted by atomic mass is 9.96. The maximum atomic E-state index is 13.1. The fourth-order valence-electron chi connectivity index (χ4n) is 4.02. The molecule has 25 heavy (non-hydrogen) atoms. The monoisotopic (exact) mass is 341 g/mol. The van der Waals surface area contributed by atoms with E-state index in [4.69, 9.17) is 0 Å². The zero-order valence-electron chi connectivity index (χ0n) is 15.6. The van der Waals surface area contributed by atoms with Crippen LogP contribution in [0.3, 0.4) is 0 Å². The van der Waals surface area contributed by atoms with Crippen molar-refractivity contribution in [2.75, 3.05) is 40.3 Å². The fraction of sp³-hybridized carbons (Fsp3) is 0.571. The van der Waals surface area contributed by atoms with Crippen LogP contribution in [0.5, 0.6) is 0 Å². The van der Waals surface area contributed by atoms with Crippen LogP contribution in [0.25, 0.3) is 6.08 Å². The van der Waals surface area contributed by atoms with Gasteiger partial charge in [0.25, 0.3) is 0 Å². The van der Waals surface area contributed by atoms with Crippen LogP contribution in [-0.4, -0.2) is 73.0 Å². The van der Waals surface area contributed by atoms with Crippen LogP contribution in [0, 0.1) is 0 Å². The van der Waals surface area contributed by atoms with Crippen molar-refractivity contribution in [3.8, 4) is 0 Å². The molecular formula is C21H31N3O. The second-order valence-electron chi connectivity index (χ2n) is 7.56. The minimum atomic E-state index is 0.188. The average Bonchev–Trinajstić information content (AvgIpc) is 2.64. The Morgan fingerprint density at radius 2 is 1.40 bits per heavy atom. The first kappa shape index (κ1) is 18.2. The van der Waals surface area contributed by atoms with Crippen molar-refractivity contribution in [1.82, 2.24) is 14.7 Å². The highest BCUT2D eigenvalue weighted by Gasteiger charge is 2.33. The molecule has 2 aliphatic heterocycles. The van der Waals surface area contributed by atoms with Crippen LogP contribution in [0.1, 0.15) is 31.2 Å². The summed E-state index contributed by atoms with van der Waals surface area (Å²) >= 11 is 0. The topological polar surface area (TPSA) is 26.8 Å². The molecule has 2 fully saturated rings. The molecule has 2 saturated heterocycles. The maximum absolute atomic E-state index is 13.1. The quantitative estimate of drug-likeness (QED) is 0.788. The molecule has 1 amide bonds. The Balaban J connectivity index is 1.73. The first-order chi connectivity index (χ1) is 12.1. The van der Waals surface area contributed by atoms with E-state index in [0.29, 0.717) is 12.1 Å². The Morgan fingerprint density at radius 1 is 0.920 bits per heavy atom. The van der Waals surface area contributed by atoms with Gasteiger partial charge in [-0.3, -0.25) is 4.79 Å². The zero-order valence-corrected chi connectivity index (χ0v) is 15.6. The van der Waals surface area contributed by atoms with E-state index in [2.05, 4.69) is 28.8 Å². The summed E-state index contributed by atoms with van der Waals surface area (Å²) in [5, 5.41) is 0. The van der Waals surface area contributed by atoms with Gasteiger partial charge in [-0.1, -0.05) is 30.3 Å². The van der Waals surface area contributed by atoms with E-state index in [-0.39, 0.29) is 5.91 Å². The van der Waals surface area contributed by atoms with Crippen LogP contribution in [0.15, 0.2) is 36.4 Å². The lowest BCUT2D eigenvalue weighted by Crippen LogP contribution is -2.53. The number of likely N-dealkylation sites (tertiary alicyclic amines) is 2. The molecule has 0 N–H and O–H groups in total. The van der Waals surface area contributed by atoms with Crippen LogP contribution in [0.4, 0.5) is 0 Å². The summed E-state index contributed by atoms with van der Waals surface area (Å²) in [7, 11) is 4.35. The van der Waals surface area contributed by atoms with E-state index in [1.54, 1.807) is 6.08 Å². The van der Waals surface area contributed by atoms with Gasteiger partial charge in [-0.2, -0.15) is 0 Å². The van der Waals surface area contributed by atoms with Crippen molar-refractivity contribution in [3.05, 3.63) is 42.0 Å². The van der Waals surface area contributed by atoms with Gasteiger partial charge in [-0.15, -0.1) is 0 Å². The second kappa shape index (κ2) is 8.63. The minimum absolute atomic E-state index is 0.188. The van der Waals surface area contributed by atoms with Crippen molar-refractivity contribution < 1.29 is 4.79 Å². The summed E-state index contributed by atoms with van der Waals surface area (Å²) < 4.78 is 0. The number of nitrogens with zero attached hydrogens (tertiary/aromatic N) is 3. The van der Waals surface area contributed by atoms with Crippen molar-refractivity contribution >= 4 is 12.0 Å². The third-order valence-electron chi connectivity index (χ3n) is 5.64. The summed E-state index contributed by atoms with van der Waals surface area (Å²) in [5.41, 5.74) is 1.09. The first-order valence-corrected chi connectivity index (χ1v) is 9.56. The molecule has 0 saturated carbocycles. The molecule has 2 heterocycles. The number of carbonyl (C=O) groups excluding carboxylic acids is 1. The molecule has 0 aromatic heterocycles. The Hall–Kier alpha value is -1.65. The molecule has 0 aliphatic carbocycles. The summed E-state index contributed by atoms with van der Waals surface area (Å²) in [6.07, 6.45) is 8.11. The van der Waals surface area contributed by atoms with Crippen LogP contribution in [0.2, 0.25) is 0 Å². The first-order valence-electron chi connectivity index (χ1n) is 9.56. The van der Waals surface area contributed by atoms with E-state index in [1.807, 2.05) is 36.4 Å². The molecule has 0 bridgehead atoms. The summed E-state index contributed by atoms with van der Waals surface area (Å²) in [4.78, 5) is 20.0. The lowest BCUT2D eigenvalue weighted by molar-refractivity contribution is -0.133. The van der Waals surface area contributed by atoms with Gasteiger partial charge >= 0.3 is 0 Å². The highest BCUT2D eigenvalue weighted by molar-refractivity contribution is 5.92. The van der Waals surface area contributed by atoms with Gasteiger partial charge in [0.1, 0.15) is 0 Å². The predicted octanol–water partition coefficient (Wildman–Crippen LogP) is 2.72. The summed E-state index contributed by atoms with van der Waals surface area (Å²) in [5.74, 6) is 0.188. The molecule has 2 aliphatic rings. The third-order valence-corrected chi connectivity index (χ3v) is 5.64. The number of carbonyl (C=O) groups is 1. The zero-order chi connectivity index (χ0) is 17.6. The number of benzene rings is 1. The molecule has 136 valence electrons. The Bertz CT molecular complexity index is 548. The second-order valence-corrected chi connectivity index (χ2v) is 7.56. The van der Waals surface area contributed by atoms with Gasteiger partial charge in [0.05, 0.1) is 0 Å². The molecule has 0 unspecified atom stereocenters. The SMILES string of the molecule is CN1CCC(N(C(=O)C=Cc2ccccc2)C2CCN(C)CC2)CC1. The molecule has 3 rings (SSSR count). The number of rotatable bonds is 4. The highest BCUT2D eigenvalue weighted by atomic mass is 16.2. The summed E-state index contributed by atoms with van der Waals surface area (Å²) in [6, 6.07) is 10.9. The molecule has 0 radical (unpaired) electrons. The molecule has 4 heteroatoms. The number of hydrogen-bond acceptors (Lipinski definition) is 3. The van der Waals surface area contributed by atoms with E-state index >= 15 is 0 Å². The van der Waals surface area contributed by atoms with Gasteiger partial charge in [-0.25, -0.2) is 0 Å². The minimum Gasteiger partial charge on any atom is -0.333 e. The van der Waals surface area contributed by atoms with Gasteiger partial charge in [0, 0.05) is 18.2 Å². The summed E-state index contributed by atoms with van der Waals surface area (Å²) in [6.45, 7) is 4.35.